The van der Waals surface area contributed by atoms with E-state index in [4.69, 9.17) is 28.4 Å². The maximum Gasteiger partial charge on any atom is 0.305 e. The Hall–Kier alpha value is -4.59. The van der Waals surface area contributed by atoms with Crippen molar-refractivity contribution in [3.05, 3.63) is 48.4 Å². The summed E-state index contributed by atoms with van der Waals surface area (Å²) in [5, 5.41) is 9.13. The summed E-state index contributed by atoms with van der Waals surface area (Å²) in [4.78, 5) is 51.9. The molecule has 3 heterocycles. The molecule has 0 N–H and O–H groups in total. The Bertz CT molecular complexity index is 1390. The fourth-order valence-electron chi connectivity index (χ4n) is 4.28. The second-order valence-electron chi connectivity index (χ2n) is 8.93. The van der Waals surface area contributed by atoms with E-state index in [1.165, 1.54) is 4.68 Å². The van der Waals surface area contributed by atoms with Crippen LogP contribution in [0.2, 0.25) is 0 Å². The number of fused-ring (bicyclic) bond motifs is 1. The highest BCUT2D eigenvalue weighted by atomic mass is 16.7. The Balaban J connectivity index is 1.55. The highest BCUT2D eigenvalue weighted by Gasteiger charge is 2.53. The van der Waals surface area contributed by atoms with Crippen molar-refractivity contribution in [2.75, 3.05) is 0 Å². The van der Waals surface area contributed by atoms with Crippen LogP contribution in [0.1, 0.15) is 33.4 Å². The number of pyridine rings is 1. The second-order valence-corrected chi connectivity index (χ2v) is 8.93. The van der Waals surface area contributed by atoms with Gasteiger partial charge in [0.2, 0.25) is 12.4 Å². The number of hydrogen-bond acceptors (Lipinski definition) is 13. The molecule has 2 aromatic heterocycles. The minimum atomic E-state index is -1.47. The maximum absolute atomic E-state index is 12.0. The molecule has 4 rings (SSSR count). The molecule has 3 aromatic rings. The lowest BCUT2D eigenvalue weighted by Gasteiger charge is -2.43. The molecule has 1 aromatic carbocycles. The minimum absolute atomic E-state index is 0.0664. The molecule has 0 spiro atoms. The van der Waals surface area contributed by atoms with Crippen LogP contribution in [0.25, 0.3) is 10.9 Å². The first-order valence-corrected chi connectivity index (χ1v) is 12.3. The predicted molar refractivity (Wildman–Crippen MR) is 133 cm³/mol. The molecule has 5 atom stereocenters. The molecule has 1 saturated heterocycles. The monoisotopic (exact) mass is 556 g/mol. The Kier molecular flexibility index (Phi) is 8.89. The van der Waals surface area contributed by atoms with Crippen molar-refractivity contribution in [3.63, 3.8) is 0 Å². The highest BCUT2D eigenvalue weighted by molar-refractivity contribution is 5.84. The Labute approximate surface area is 228 Å². The van der Waals surface area contributed by atoms with Gasteiger partial charge in [0, 0.05) is 39.3 Å². The van der Waals surface area contributed by atoms with Gasteiger partial charge < -0.3 is 28.4 Å². The van der Waals surface area contributed by atoms with E-state index in [1.807, 2.05) is 24.3 Å². The van der Waals surface area contributed by atoms with Crippen LogP contribution in [0, 0.1) is 0 Å². The molecule has 14 heteroatoms. The van der Waals surface area contributed by atoms with Crippen LogP contribution in [0.3, 0.4) is 0 Å². The Morgan fingerprint density at radius 2 is 1.50 bits per heavy atom. The summed E-state index contributed by atoms with van der Waals surface area (Å²) in [5.41, 5.74) is 1.17. The molecule has 40 heavy (non-hydrogen) atoms. The third-order valence-electron chi connectivity index (χ3n) is 5.70. The zero-order valence-electron chi connectivity index (χ0n) is 22.2. The molecule has 0 radical (unpaired) electrons. The summed E-state index contributed by atoms with van der Waals surface area (Å²) in [7, 11) is 0. The van der Waals surface area contributed by atoms with Gasteiger partial charge in [-0.05, 0) is 12.1 Å². The second kappa shape index (κ2) is 12.5. The SMILES string of the molecule is CC(=O)O[C@@H]1O[C@H](Cn2cc(COc3cccc4cccnc34)nn2)[C@@H](OC(C)=O)[C@H](OC(C)=O)[C@H]1OC(C)=O. The largest absolute Gasteiger partial charge is 0.485 e. The summed E-state index contributed by atoms with van der Waals surface area (Å²) >= 11 is 0. The van der Waals surface area contributed by atoms with Crippen LogP contribution in [0.15, 0.2) is 42.7 Å². The molecule has 1 aliphatic rings. The first-order chi connectivity index (χ1) is 19.1. The third kappa shape index (κ3) is 7.08. The maximum atomic E-state index is 12.0. The van der Waals surface area contributed by atoms with Gasteiger partial charge in [-0.1, -0.05) is 23.4 Å². The van der Waals surface area contributed by atoms with Crippen molar-refractivity contribution in [2.45, 2.75) is 71.6 Å². The lowest BCUT2D eigenvalue weighted by atomic mass is 9.97. The normalized spacial score (nSPS) is 22.2. The van der Waals surface area contributed by atoms with E-state index in [0.29, 0.717) is 17.0 Å². The topological polar surface area (TPSA) is 167 Å². The Morgan fingerprint density at radius 1 is 0.850 bits per heavy atom. The van der Waals surface area contributed by atoms with Crippen molar-refractivity contribution >= 4 is 34.8 Å². The van der Waals surface area contributed by atoms with Gasteiger partial charge in [0.1, 0.15) is 29.7 Å². The van der Waals surface area contributed by atoms with Gasteiger partial charge >= 0.3 is 23.9 Å². The zero-order valence-corrected chi connectivity index (χ0v) is 22.2. The fourth-order valence-corrected chi connectivity index (χ4v) is 4.28. The molecular formula is C26H28N4O10. The highest BCUT2D eigenvalue weighted by Crippen LogP contribution is 2.30. The van der Waals surface area contributed by atoms with Gasteiger partial charge in [-0.2, -0.15) is 0 Å². The van der Waals surface area contributed by atoms with Crippen molar-refractivity contribution in [3.8, 4) is 5.75 Å². The van der Waals surface area contributed by atoms with Gasteiger partial charge in [-0.25, -0.2) is 4.68 Å². The van der Waals surface area contributed by atoms with Gasteiger partial charge in [-0.3, -0.25) is 24.2 Å². The molecule has 212 valence electrons. The average molecular weight is 557 g/mol. The summed E-state index contributed by atoms with van der Waals surface area (Å²) in [6.45, 7) is 4.57. The van der Waals surface area contributed by atoms with E-state index in [-0.39, 0.29) is 13.2 Å². The molecule has 0 saturated carbocycles. The number of carbonyl (C=O) groups excluding carboxylic acids is 4. The van der Waals surface area contributed by atoms with Crippen molar-refractivity contribution in [1.82, 2.24) is 20.0 Å². The third-order valence-corrected chi connectivity index (χ3v) is 5.70. The number of carbonyl (C=O) groups is 4. The van der Waals surface area contributed by atoms with E-state index in [9.17, 15) is 19.2 Å². The number of ether oxygens (including phenoxy) is 6. The fraction of sp³-hybridized carbons (Fsp3) is 0.423. The summed E-state index contributed by atoms with van der Waals surface area (Å²) < 4.78 is 34.6. The first-order valence-electron chi connectivity index (χ1n) is 12.3. The molecule has 0 amide bonds. The van der Waals surface area contributed by atoms with E-state index >= 15 is 0 Å². The van der Waals surface area contributed by atoms with Gasteiger partial charge in [0.15, 0.2) is 12.2 Å². The first kappa shape index (κ1) is 28.4. The van der Waals surface area contributed by atoms with Crippen LogP contribution < -0.4 is 4.74 Å². The number of hydrogen-bond donors (Lipinski definition) is 0. The zero-order chi connectivity index (χ0) is 28.8. The molecule has 1 aliphatic heterocycles. The van der Waals surface area contributed by atoms with E-state index in [1.54, 1.807) is 18.5 Å². The number of nitrogens with zero attached hydrogens (tertiary/aromatic N) is 4. The van der Waals surface area contributed by atoms with E-state index in [2.05, 4.69) is 15.3 Å². The quantitative estimate of drug-likeness (QED) is 0.275. The lowest BCUT2D eigenvalue weighted by Crippen LogP contribution is -2.62. The average Bonchev–Trinajstić information content (AvgIpc) is 3.33. The van der Waals surface area contributed by atoms with Gasteiger partial charge in [-0.15, -0.1) is 5.10 Å². The molecule has 0 bridgehead atoms. The predicted octanol–water partition coefficient (Wildman–Crippen LogP) is 1.49. The summed E-state index contributed by atoms with van der Waals surface area (Å²) in [6.07, 6.45) is -3.25. The van der Waals surface area contributed by atoms with Crippen LogP contribution in [-0.2, 0) is 56.0 Å². The molecule has 0 unspecified atom stereocenters. The lowest BCUT2D eigenvalue weighted by molar-refractivity contribution is -0.297. The number of rotatable bonds is 9. The van der Waals surface area contributed by atoms with E-state index < -0.39 is 54.6 Å². The van der Waals surface area contributed by atoms with Crippen LogP contribution in [-0.4, -0.2) is 74.6 Å². The smallest absolute Gasteiger partial charge is 0.305 e. The van der Waals surface area contributed by atoms with Crippen LogP contribution in [0.5, 0.6) is 5.75 Å². The van der Waals surface area contributed by atoms with Crippen molar-refractivity contribution in [1.29, 1.82) is 0 Å². The summed E-state index contributed by atoms with van der Waals surface area (Å²) in [6, 6.07) is 9.33. The number of para-hydroxylation sites is 1. The van der Waals surface area contributed by atoms with E-state index in [0.717, 1.165) is 33.1 Å². The van der Waals surface area contributed by atoms with Crippen molar-refractivity contribution < 1.29 is 47.6 Å². The van der Waals surface area contributed by atoms with Gasteiger partial charge in [0.25, 0.3) is 0 Å². The van der Waals surface area contributed by atoms with Crippen LogP contribution >= 0.6 is 0 Å². The van der Waals surface area contributed by atoms with Crippen LogP contribution in [0.4, 0.5) is 0 Å². The molecule has 0 aliphatic carbocycles. The number of esters is 4. The molecule has 1 fully saturated rings. The summed E-state index contributed by atoms with van der Waals surface area (Å²) in [5.74, 6) is -2.38. The number of benzene rings is 1. The molecule has 14 nitrogen and oxygen atoms in total. The Morgan fingerprint density at radius 3 is 2.20 bits per heavy atom. The van der Waals surface area contributed by atoms with Gasteiger partial charge in [0.05, 0.1) is 12.7 Å². The minimum Gasteiger partial charge on any atom is -0.485 e. The van der Waals surface area contributed by atoms with Crippen molar-refractivity contribution in [2.24, 2.45) is 0 Å². The number of aromatic nitrogens is 4. The molecular weight excluding hydrogens is 528 g/mol. The standard InChI is InChI=1S/C26H28N4O10/c1-14(31)36-23-21(40-26(39-17(4)34)25(38-16(3)33)24(23)37-15(2)32)12-30-11-19(28-29-30)13-35-20-9-5-7-18-8-6-10-27-22(18)20/h5-11,21,23-26H,12-13H2,1-4H3/t21-,23-,24+,25-,26-/m1/s1.